The smallest absolute Gasteiger partial charge is 0.152 e. The van der Waals surface area contributed by atoms with E-state index in [4.69, 9.17) is 0 Å². The third-order valence-corrected chi connectivity index (χ3v) is 5.27. The summed E-state index contributed by atoms with van der Waals surface area (Å²) in [6.45, 7) is 2.17. The Morgan fingerprint density at radius 1 is 1.25 bits per heavy atom. The largest absolute Gasteiger partial charge is 0.301 e. The molecule has 16 heavy (non-hydrogen) atoms. The van der Waals surface area contributed by atoms with Crippen LogP contribution in [0.1, 0.15) is 25.7 Å². The van der Waals surface area contributed by atoms with Crippen LogP contribution >= 0.6 is 0 Å². The number of hydrogen-bond donors (Lipinski definition) is 0. The van der Waals surface area contributed by atoms with Crippen LogP contribution in [0.4, 0.5) is 0 Å². The van der Waals surface area contributed by atoms with Gasteiger partial charge in [0.25, 0.3) is 0 Å². The molecule has 0 radical (unpaired) electrons. The van der Waals surface area contributed by atoms with Crippen molar-refractivity contribution in [3.05, 3.63) is 0 Å². The van der Waals surface area contributed by atoms with Gasteiger partial charge in [0.1, 0.15) is 5.78 Å². The zero-order valence-corrected chi connectivity index (χ0v) is 10.3. The molecule has 1 saturated heterocycles. The van der Waals surface area contributed by atoms with Gasteiger partial charge in [0.2, 0.25) is 0 Å². The molecule has 1 unspecified atom stereocenters. The fourth-order valence-electron chi connectivity index (χ4n) is 2.51. The number of sulfone groups is 1. The minimum atomic E-state index is -2.77. The molecular weight excluding hydrogens is 226 g/mol. The molecule has 4 nitrogen and oxygen atoms in total. The van der Waals surface area contributed by atoms with E-state index in [0.29, 0.717) is 18.9 Å². The van der Waals surface area contributed by atoms with Gasteiger partial charge in [-0.25, -0.2) is 8.42 Å². The van der Waals surface area contributed by atoms with Gasteiger partial charge in [0.05, 0.1) is 11.5 Å². The first-order valence-electron chi connectivity index (χ1n) is 6.02. The van der Waals surface area contributed by atoms with Gasteiger partial charge in [-0.15, -0.1) is 0 Å². The summed E-state index contributed by atoms with van der Waals surface area (Å²) in [5.74, 6) is 1.22. The molecule has 0 N–H and O–H groups in total. The summed E-state index contributed by atoms with van der Waals surface area (Å²) >= 11 is 0. The Labute approximate surface area is 96.9 Å². The lowest BCUT2D eigenvalue weighted by Crippen LogP contribution is -2.41. The topological polar surface area (TPSA) is 54.5 Å². The predicted octanol–water partition coefficient (Wildman–Crippen LogP) is 0.476. The summed E-state index contributed by atoms with van der Waals surface area (Å²) in [5, 5.41) is 0. The van der Waals surface area contributed by atoms with Crippen LogP contribution < -0.4 is 0 Å². The van der Waals surface area contributed by atoms with Gasteiger partial charge in [-0.3, -0.25) is 4.79 Å². The van der Waals surface area contributed by atoms with Crippen molar-refractivity contribution < 1.29 is 13.2 Å². The number of carbonyl (C=O) groups is 1. The molecule has 1 heterocycles. The highest BCUT2D eigenvalue weighted by atomic mass is 32.2. The molecule has 92 valence electrons. The van der Waals surface area contributed by atoms with Crippen molar-refractivity contribution in [2.75, 3.05) is 31.1 Å². The maximum Gasteiger partial charge on any atom is 0.152 e. The molecule has 1 aliphatic carbocycles. The molecule has 2 rings (SSSR count). The zero-order chi connectivity index (χ0) is 11.6. The van der Waals surface area contributed by atoms with E-state index in [-0.39, 0.29) is 17.4 Å². The van der Waals surface area contributed by atoms with E-state index in [0.717, 1.165) is 32.2 Å². The van der Waals surface area contributed by atoms with Gasteiger partial charge in [0, 0.05) is 25.4 Å². The second-order valence-electron chi connectivity index (χ2n) is 4.84. The van der Waals surface area contributed by atoms with Crippen LogP contribution in [0.5, 0.6) is 0 Å². The fourth-order valence-corrected chi connectivity index (χ4v) is 3.78. The van der Waals surface area contributed by atoms with Gasteiger partial charge in [-0.2, -0.15) is 0 Å². The summed E-state index contributed by atoms with van der Waals surface area (Å²) in [7, 11) is -2.77. The van der Waals surface area contributed by atoms with Crippen molar-refractivity contribution in [3.63, 3.8) is 0 Å². The van der Waals surface area contributed by atoms with Gasteiger partial charge in [0.15, 0.2) is 9.84 Å². The zero-order valence-electron chi connectivity index (χ0n) is 9.52. The number of rotatable bonds is 3. The lowest BCUT2D eigenvalue weighted by atomic mass is 10.0. The van der Waals surface area contributed by atoms with Crippen LogP contribution in [0.25, 0.3) is 0 Å². The molecule has 0 spiro atoms. The van der Waals surface area contributed by atoms with Crippen LogP contribution in [0, 0.1) is 5.92 Å². The summed E-state index contributed by atoms with van der Waals surface area (Å²) in [6.07, 6.45) is 3.74. The molecule has 0 bridgehead atoms. The molecule has 2 aliphatic rings. The van der Waals surface area contributed by atoms with Crippen molar-refractivity contribution in [1.29, 1.82) is 0 Å². The summed E-state index contributed by atoms with van der Waals surface area (Å²) in [4.78, 5) is 13.6. The van der Waals surface area contributed by atoms with Gasteiger partial charge < -0.3 is 4.90 Å². The lowest BCUT2D eigenvalue weighted by Gasteiger charge is -2.27. The van der Waals surface area contributed by atoms with E-state index in [9.17, 15) is 13.2 Å². The minimum Gasteiger partial charge on any atom is -0.301 e. The molecule has 0 aromatic rings. The molecule has 1 atom stereocenters. The molecule has 0 aromatic heterocycles. The maximum absolute atomic E-state index is 11.4. The van der Waals surface area contributed by atoms with Crippen LogP contribution in [0.15, 0.2) is 0 Å². The first kappa shape index (κ1) is 12.0. The average molecular weight is 245 g/mol. The molecule has 5 heteroatoms. The summed E-state index contributed by atoms with van der Waals surface area (Å²) < 4.78 is 22.5. The van der Waals surface area contributed by atoms with E-state index in [2.05, 4.69) is 4.90 Å². The fraction of sp³-hybridized carbons (Fsp3) is 0.909. The highest BCUT2D eigenvalue weighted by Crippen LogP contribution is 2.24. The van der Waals surface area contributed by atoms with Crippen molar-refractivity contribution in [2.24, 2.45) is 5.92 Å². The van der Waals surface area contributed by atoms with Crippen molar-refractivity contribution in [1.82, 2.24) is 4.90 Å². The quantitative estimate of drug-likeness (QED) is 0.725. The number of carbonyl (C=O) groups excluding carboxylic acids is 1. The van der Waals surface area contributed by atoms with Crippen LogP contribution in [-0.2, 0) is 14.6 Å². The monoisotopic (exact) mass is 245 g/mol. The average Bonchev–Trinajstić information content (AvgIpc) is 2.63. The SMILES string of the molecule is O=C1CCCC1CCN1CCS(=O)(=O)CC1. The van der Waals surface area contributed by atoms with Gasteiger partial charge in [-0.1, -0.05) is 0 Å². The first-order valence-corrected chi connectivity index (χ1v) is 7.84. The maximum atomic E-state index is 11.4. The molecule has 1 aliphatic heterocycles. The Hall–Kier alpha value is -0.420. The summed E-state index contributed by atoms with van der Waals surface area (Å²) in [5.41, 5.74) is 0. The normalized spacial score (nSPS) is 30.8. The number of nitrogens with zero attached hydrogens (tertiary/aromatic N) is 1. The molecular formula is C11H19NO3S. The van der Waals surface area contributed by atoms with E-state index in [1.54, 1.807) is 0 Å². The number of ketones is 1. The van der Waals surface area contributed by atoms with Crippen LogP contribution in [0.2, 0.25) is 0 Å². The standard InChI is InChI=1S/C11H19NO3S/c13-11-3-1-2-10(11)4-5-12-6-8-16(14,15)9-7-12/h10H,1-9H2. The van der Waals surface area contributed by atoms with E-state index < -0.39 is 9.84 Å². The molecule has 0 amide bonds. The number of hydrogen-bond acceptors (Lipinski definition) is 4. The van der Waals surface area contributed by atoms with Crippen molar-refractivity contribution >= 4 is 15.6 Å². The Kier molecular flexibility index (Phi) is 3.64. The first-order chi connectivity index (χ1) is 7.57. The third kappa shape index (κ3) is 3.04. The second-order valence-corrected chi connectivity index (χ2v) is 7.14. The Balaban J connectivity index is 1.73. The molecule has 1 saturated carbocycles. The molecule has 0 aromatic carbocycles. The van der Waals surface area contributed by atoms with E-state index in [1.807, 2.05) is 0 Å². The highest BCUT2D eigenvalue weighted by Gasteiger charge is 2.26. The Bertz CT molecular complexity index is 349. The second kappa shape index (κ2) is 4.84. The minimum absolute atomic E-state index is 0.249. The predicted molar refractivity (Wildman–Crippen MR) is 62.1 cm³/mol. The Morgan fingerprint density at radius 3 is 2.50 bits per heavy atom. The summed E-state index contributed by atoms with van der Waals surface area (Å²) in [6, 6.07) is 0. The van der Waals surface area contributed by atoms with Crippen molar-refractivity contribution in [3.8, 4) is 0 Å². The van der Waals surface area contributed by atoms with Gasteiger partial charge >= 0.3 is 0 Å². The van der Waals surface area contributed by atoms with Crippen LogP contribution in [-0.4, -0.2) is 50.2 Å². The van der Waals surface area contributed by atoms with E-state index in [1.165, 1.54) is 0 Å². The third-order valence-electron chi connectivity index (χ3n) is 3.66. The lowest BCUT2D eigenvalue weighted by molar-refractivity contribution is -0.120. The Morgan fingerprint density at radius 2 is 1.94 bits per heavy atom. The highest BCUT2D eigenvalue weighted by molar-refractivity contribution is 7.91. The van der Waals surface area contributed by atoms with Crippen molar-refractivity contribution in [2.45, 2.75) is 25.7 Å². The molecule has 2 fully saturated rings. The number of Topliss-reactive ketones (excluding diaryl/α,β-unsaturated/α-hetero) is 1. The van der Waals surface area contributed by atoms with E-state index >= 15 is 0 Å². The van der Waals surface area contributed by atoms with Gasteiger partial charge in [-0.05, 0) is 25.8 Å². The van der Waals surface area contributed by atoms with Crippen LogP contribution in [0.3, 0.4) is 0 Å².